The summed E-state index contributed by atoms with van der Waals surface area (Å²) in [5.41, 5.74) is 3.06. The van der Waals surface area contributed by atoms with Crippen molar-refractivity contribution < 1.29 is 4.39 Å². The summed E-state index contributed by atoms with van der Waals surface area (Å²) in [6.07, 6.45) is 2.12. The van der Waals surface area contributed by atoms with Crippen molar-refractivity contribution in [2.75, 3.05) is 22.9 Å². The first-order valence-electron chi connectivity index (χ1n) is 8.36. The zero-order valence-electron chi connectivity index (χ0n) is 13.4. The molecule has 0 aromatic heterocycles. The van der Waals surface area contributed by atoms with Gasteiger partial charge >= 0.3 is 0 Å². The normalized spacial score (nSPS) is 18.1. The molecule has 1 saturated heterocycles. The van der Waals surface area contributed by atoms with Gasteiger partial charge in [0.25, 0.3) is 0 Å². The van der Waals surface area contributed by atoms with Crippen LogP contribution >= 0.6 is 11.6 Å². The quantitative estimate of drug-likeness (QED) is 0.901. The van der Waals surface area contributed by atoms with Crippen LogP contribution in [0, 0.1) is 12.5 Å². The average Bonchev–Trinajstić information content (AvgIpc) is 2.95. The highest BCUT2D eigenvalue weighted by Crippen LogP contribution is 2.42. The number of benzene rings is 2. The van der Waals surface area contributed by atoms with Crippen LogP contribution in [0.25, 0.3) is 0 Å². The summed E-state index contributed by atoms with van der Waals surface area (Å²) in [6.45, 7) is 4.80. The van der Waals surface area contributed by atoms with Crippen LogP contribution in [-0.2, 0) is 6.54 Å². The van der Waals surface area contributed by atoms with Crippen LogP contribution in [0.5, 0.6) is 0 Å². The van der Waals surface area contributed by atoms with Gasteiger partial charge in [-0.25, -0.2) is 4.39 Å². The summed E-state index contributed by atoms with van der Waals surface area (Å²) in [6, 6.07) is 13.3. The fourth-order valence-electron chi connectivity index (χ4n) is 3.53. The number of halogens is 2. The number of hydrogen-bond donors (Lipinski definition) is 1. The van der Waals surface area contributed by atoms with E-state index in [4.69, 9.17) is 11.6 Å². The van der Waals surface area contributed by atoms with E-state index in [-0.39, 0.29) is 5.82 Å². The third kappa shape index (κ3) is 2.96. The van der Waals surface area contributed by atoms with Crippen LogP contribution in [-0.4, -0.2) is 19.1 Å². The van der Waals surface area contributed by atoms with E-state index in [1.807, 2.05) is 30.3 Å². The lowest BCUT2D eigenvalue weighted by Crippen LogP contribution is -2.42. The maximum Gasteiger partial charge on any atom is 0.142 e. The van der Waals surface area contributed by atoms with Crippen molar-refractivity contribution in [2.24, 2.45) is 0 Å². The molecule has 1 fully saturated rings. The van der Waals surface area contributed by atoms with E-state index in [0.29, 0.717) is 12.6 Å². The molecule has 0 bridgehead atoms. The van der Waals surface area contributed by atoms with Gasteiger partial charge in [0.2, 0.25) is 0 Å². The van der Waals surface area contributed by atoms with Gasteiger partial charge in [-0.2, -0.15) is 0 Å². The Morgan fingerprint density at radius 3 is 2.67 bits per heavy atom. The molecule has 2 aliphatic heterocycles. The van der Waals surface area contributed by atoms with Crippen LogP contribution in [0.15, 0.2) is 42.5 Å². The molecule has 1 radical (unpaired) electrons. The highest BCUT2D eigenvalue weighted by molar-refractivity contribution is 6.31. The third-order valence-corrected chi connectivity index (χ3v) is 5.16. The second-order valence-corrected chi connectivity index (χ2v) is 6.76. The van der Waals surface area contributed by atoms with Gasteiger partial charge in [-0.15, -0.1) is 0 Å². The van der Waals surface area contributed by atoms with Gasteiger partial charge in [-0.3, -0.25) is 0 Å². The fourth-order valence-corrected chi connectivity index (χ4v) is 3.73. The average molecular weight is 345 g/mol. The summed E-state index contributed by atoms with van der Waals surface area (Å²) in [5, 5.41) is 4.15. The lowest BCUT2D eigenvalue weighted by Gasteiger charge is -2.33. The standard InChI is InChI=1S/C19H20ClFN3/c20-17-4-2-1-3-14(17)12-23-13-24(16-7-9-22-10-8-16)19-11-15(21)5-6-18(19)23/h1-6,11,13,16,22H,7-10,12H2. The van der Waals surface area contributed by atoms with Crippen LogP contribution in [0.3, 0.4) is 0 Å². The van der Waals surface area contributed by atoms with E-state index in [1.54, 1.807) is 6.07 Å². The predicted molar refractivity (Wildman–Crippen MR) is 96.7 cm³/mol. The first-order valence-corrected chi connectivity index (χ1v) is 8.74. The number of anilines is 2. The van der Waals surface area contributed by atoms with E-state index in [2.05, 4.69) is 21.8 Å². The Hall–Kier alpha value is -1.78. The zero-order chi connectivity index (χ0) is 16.5. The van der Waals surface area contributed by atoms with Crippen LogP contribution in [0.2, 0.25) is 5.02 Å². The van der Waals surface area contributed by atoms with Crippen LogP contribution < -0.4 is 15.1 Å². The van der Waals surface area contributed by atoms with Gasteiger partial charge < -0.3 is 15.1 Å². The van der Waals surface area contributed by atoms with Gasteiger partial charge in [0, 0.05) is 17.6 Å². The molecular formula is C19H20ClFN3. The molecule has 125 valence electrons. The van der Waals surface area contributed by atoms with Gasteiger partial charge in [0.15, 0.2) is 0 Å². The highest BCUT2D eigenvalue weighted by Gasteiger charge is 2.32. The number of rotatable bonds is 3. The fraction of sp³-hybridized carbons (Fsp3) is 0.316. The van der Waals surface area contributed by atoms with Gasteiger partial charge in [0.05, 0.1) is 11.4 Å². The molecule has 5 heteroatoms. The van der Waals surface area contributed by atoms with Crippen molar-refractivity contribution in [3.8, 4) is 0 Å². The van der Waals surface area contributed by atoms with Gasteiger partial charge in [-0.1, -0.05) is 29.8 Å². The molecule has 0 amide bonds. The number of fused-ring (bicyclic) bond motifs is 1. The second kappa shape index (κ2) is 6.61. The Kier molecular flexibility index (Phi) is 4.33. The topological polar surface area (TPSA) is 18.5 Å². The van der Waals surface area contributed by atoms with Gasteiger partial charge in [-0.05, 0) is 55.8 Å². The van der Waals surface area contributed by atoms with E-state index < -0.39 is 0 Å². The molecule has 0 saturated carbocycles. The summed E-state index contributed by atoms with van der Waals surface area (Å²) in [7, 11) is 0. The van der Waals surface area contributed by atoms with Crippen molar-refractivity contribution in [1.29, 1.82) is 0 Å². The van der Waals surface area contributed by atoms with Crippen LogP contribution in [0.4, 0.5) is 15.8 Å². The minimum atomic E-state index is -0.194. The maximum absolute atomic E-state index is 13.8. The van der Waals surface area contributed by atoms with Crippen molar-refractivity contribution in [3.63, 3.8) is 0 Å². The zero-order valence-corrected chi connectivity index (χ0v) is 14.1. The van der Waals surface area contributed by atoms with Gasteiger partial charge in [0.1, 0.15) is 12.5 Å². The predicted octanol–water partition coefficient (Wildman–Crippen LogP) is 4.18. The lowest BCUT2D eigenvalue weighted by atomic mass is 10.0. The molecule has 0 unspecified atom stereocenters. The van der Waals surface area contributed by atoms with Crippen molar-refractivity contribution in [1.82, 2.24) is 5.32 Å². The smallest absolute Gasteiger partial charge is 0.142 e. The number of nitrogens with zero attached hydrogens (tertiary/aromatic N) is 2. The second-order valence-electron chi connectivity index (χ2n) is 6.36. The molecule has 4 rings (SSSR count). The Morgan fingerprint density at radius 2 is 1.88 bits per heavy atom. The molecule has 0 aliphatic carbocycles. The largest absolute Gasteiger partial charge is 0.343 e. The Morgan fingerprint density at radius 1 is 1.08 bits per heavy atom. The summed E-state index contributed by atoms with van der Waals surface area (Å²) >= 11 is 6.32. The highest BCUT2D eigenvalue weighted by atomic mass is 35.5. The monoisotopic (exact) mass is 344 g/mol. The molecular weight excluding hydrogens is 325 g/mol. The Balaban J connectivity index is 1.64. The molecule has 24 heavy (non-hydrogen) atoms. The first kappa shape index (κ1) is 15.7. The van der Waals surface area contributed by atoms with Crippen molar-refractivity contribution in [3.05, 3.63) is 65.5 Å². The molecule has 1 N–H and O–H groups in total. The molecule has 0 spiro atoms. The maximum atomic E-state index is 13.8. The number of piperidine rings is 1. The third-order valence-electron chi connectivity index (χ3n) is 4.79. The number of hydrogen-bond acceptors (Lipinski definition) is 3. The van der Waals surface area contributed by atoms with Crippen molar-refractivity contribution in [2.45, 2.75) is 25.4 Å². The number of nitrogens with one attached hydrogen (secondary N) is 1. The minimum absolute atomic E-state index is 0.194. The Labute approximate surface area is 147 Å². The van der Waals surface area contributed by atoms with E-state index >= 15 is 0 Å². The lowest BCUT2D eigenvalue weighted by molar-refractivity contribution is 0.444. The summed E-state index contributed by atoms with van der Waals surface area (Å²) in [4.78, 5) is 4.40. The molecule has 3 nitrogen and oxygen atoms in total. The SMILES string of the molecule is Fc1ccc2c(c1)N(C1CCNCC1)[CH]N2Cc1ccccc1Cl. The molecule has 2 aromatic carbocycles. The van der Waals surface area contributed by atoms with E-state index in [0.717, 1.165) is 47.9 Å². The molecule has 2 aromatic rings. The molecule has 2 aliphatic rings. The summed E-state index contributed by atoms with van der Waals surface area (Å²) in [5.74, 6) is -0.194. The minimum Gasteiger partial charge on any atom is -0.343 e. The van der Waals surface area contributed by atoms with E-state index in [1.165, 1.54) is 6.07 Å². The molecule has 0 atom stereocenters. The Bertz CT molecular complexity index is 730. The summed E-state index contributed by atoms with van der Waals surface area (Å²) < 4.78 is 13.8. The van der Waals surface area contributed by atoms with E-state index in [9.17, 15) is 4.39 Å². The van der Waals surface area contributed by atoms with Crippen LogP contribution in [0.1, 0.15) is 18.4 Å². The van der Waals surface area contributed by atoms with Crippen molar-refractivity contribution >= 4 is 23.0 Å². The molecule has 2 heterocycles. The first-order chi connectivity index (χ1) is 11.7.